The number of rotatable bonds is 5. The molecule has 5 aromatic rings. The van der Waals surface area contributed by atoms with Crippen LogP contribution in [0.3, 0.4) is 0 Å². The topological polar surface area (TPSA) is 92.7 Å². The van der Waals surface area contributed by atoms with Crippen molar-refractivity contribution in [3.63, 3.8) is 0 Å². The van der Waals surface area contributed by atoms with E-state index in [0.29, 0.717) is 17.5 Å². The van der Waals surface area contributed by atoms with Gasteiger partial charge in [-0.3, -0.25) is 10.1 Å². The molecule has 0 saturated heterocycles. The van der Waals surface area contributed by atoms with Crippen LogP contribution in [0.5, 0.6) is 0 Å². The van der Waals surface area contributed by atoms with Gasteiger partial charge in [-0.2, -0.15) is 5.26 Å². The zero-order valence-electron chi connectivity index (χ0n) is 19.6. The van der Waals surface area contributed by atoms with Gasteiger partial charge in [-0.25, -0.2) is 9.97 Å². The Kier molecular flexibility index (Phi) is 5.54. The minimum Gasteiger partial charge on any atom is -0.258 e. The highest BCUT2D eigenvalue weighted by atomic mass is 32.1. The van der Waals surface area contributed by atoms with Crippen LogP contribution < -0.4 is 0 Å². The molecule has 0 radical (unpaired) electrons. The maximum atomic E-state index is 11.9. The molecule has 0 aliphatic carbocycles. The quantitative estimate of drug-likeness (QED) is 0.198. The zero-order chi connectivity index (χ0) is 24.7. The first kappa shape index (κ1) is 22.6. The van der Waals surface area contributed by atoms with Gasteiger partial charge in [-0.15, -0.1) is 11.3 Å². The summed E-state index contributed by atoms with van der Waals surface area (Å²) in [5, 5.41) is 23.2. The van der Waals surface area contributed by atoms with Crippen LogP contribution in [0.4, 0.5) is 5.69 Å². The van der Waals surface area contributed by atoms with Gasteiger partial charge in [0.2, 0.25) is 0 Å². The maximum Gasteiger partial charge on any atom is 0.291 e. The summed E-state index contributed by atoms with van der Waals surface area (Å²) in [6, 6.07) is 22.1. The fourth-order valence-electron chi connectivity index (χ4n) is 4.19. The van der Waals surface area contributed by atoms with Gasteiger partial charge in [-0.1, -0.05) is 36.4 Å². The first-order valence-electron chi connectivity index (χ1n) is 11.2. The van der Waals surface area contributed by atoms with Crippen molar-refractivity contribution in [2.24, 2.45) is 0 Å². The standard InChI is InChI=1S/C28H22N4O2S/c1-17-4-7-20-14-26(35-27(20)31-17)19-8-11-24-22(13-19)23(25(15-30-24)32(33)34)12-18-5-9-21(10-6-18)28(2,3)16-29/h4-11,13-15H,12H2,1-3H3. The normalized spacial score (nSPS) is 11.6. The lowest BCUT2D eigenvalue weighted by molar-refractivity contribution is -0.385. The molecule has 3 heterocycles. The highest BCUT2D eigenvalue weighted by Crippen LogP contribution is 2.36. The van der Waals surface area contributed by atoms with Gasteiger partial charge in [-0.05, 0) is 61.7 Å². The SMILES string of the molecule is Cc1ccc2cc(-c3ccc4ncc([N+](=O)[O-])c(Cc5ccc(C(C)(C)C#N)cc5)c4c3)sc2n1. The average molecular weight is 479 g/mol. The predicted octanol–water partition coefficient (Wildman–Crippen LogP) is 7.12. The van der Waals surface area contributed by atoms with Crippen molar-refractivity contribution in [3.8, 4) is 16.5 Å². The Hall–Kier alpha value is -4.15. The lowest BCUT2D eigenvalue weighted by Crippen LogP contribution is -2.13. The second-order valence-corrected chi connectivity index (χ2v) is 10.2. The number of nitrogens with zero attached hydrogens (tertiary/aromatic N) is 4. The predicted molar refractivity (Wildman–Crippen MR) is 140 cm³/mol. The van der Waals surface area contributed by atoms with E-state index in [1.54, 1.807) is 11.3 Å². The van der Waals surface area contributed by atoms with Crippen molar-refractivity contribution in [2.75, 3.05) is 0 Å². The van der Waals surface area contributed by atoms with E-state index in [-0.39, 0.29) is 10.6 Å². The van der Waals surface area contributed by atoms with E-state index < -0.39 is 5.41 Å². The first-order valence-corrected chi connectivity index (χ1v) is 12.0. The fraction of sp³-hybridized carbons (Fsp3) is 0.179. The molecule has 3 aromatic heterocycles. The Balaban J connectivity index is 1.61. The van der Waals surface area contributed by atoms with E-state index >= 15 is 0 Å². The van der Waals surface area contributed by atoms with Gasteiger partial charge in [0.05, 0.1) is 21.9 Å². The fourth-order valence-corrected chi connectivity index (χ4v) is 5.27. The number of fused-ring (bicyclic) bond motifs is 2. The lowest BCUT2D eigenvalue weighted by atomic mass is 9.85. The Morgan fingerprint density at radius 2 is 1.86 bits per heavy atom. The van der Waals surface area contributed by atoms with Crippen LogP contribution in [0.25, 0.3) is 31.6 Å². The van der Waals surface area contributed by atoms with Gasteiger partial charge in [0.1, 0.15) is 11.0 Å². The highest BCUT2D eigenvalue weighted by Gasteiger charge is 2.21. The molecule has 0 amide bonds. The summed E-state index contributed by atoms with van der Waals surface area (Å²) in [6.07, 6.45) is 1.73. The average Bonchev–Trinajstić information content (AvgIpc) is 3.27. The minimum atomic E-state index is -0.597. The number of nitriles is 1. The van der Waals surface area contributed by atoms with Gasteiger partial charge in [0, 0.05) is 33.3 Å². The molecule has 5 rings (SSSR count). The molecule has 0 saturated carbocycles. The van der Waals surface area contributed by atoms with Crippen LogP contribution in [0, 0.1) is 28.4 Å². The molecule has 0 N–H and O–H groups in total. The van der Waals surface area contributed by atoms with Gasteiger partial charge in [0.25, 0.3) is 5.69 Å². The molecule has 0 bridgehead atoms. The van der Waals surface area contributed by atoms with Crippen molar-refractivity contribution in [1.29, 1.82) is 5.26 Å². The van der Waals surface area contributed by atoms with E-state index in [1.165, 1.54) is 6.20 Å². The molecular weight excluding hydrogens is 456 g/mol. The molecule has 172 valence electrons. The number of aryl methyl sites for hydroxylation is 1. The van der Waals surface area contributed by atoms with E-state index in [4.69, 9.17) is 0 Å². The number of thiophene rings is 1. The van der Waals surface area contributed by atoms with Crippen LogP contribution in [0.2, 0.25) is 0 Å². The Bertz CT molecular complexity index is 1650. The van der Waals surface area contributed by atoms with Crippen molar-refractivity contribution in [2.45, 2.75) is 32.6 Å². The summed E-state index contributed by atoms with van der Waals surface area (Å²) in [4.78, 5) is 22.6. The molecule has 6 nitrogen and oxygen atoms in total. The second kappa shape index (κ2) is 8.57. The molecule has 0 aliphatic heterocycles. The number of hydrogen-bond acceptors (Lipinski definition) is 6. The molecule has 35 heavy (non-hydrogen) atoms. The van der Waals surface area contributed by atoms with Crippen LogP contribution in [-0.4, -0.2) is 14.9 Å². The summed E-state index contributed by atoms with van der Waals surface area (Å²) in [7, 11) is 0. The monoisotopic (exact) mass is 478 g/mol. The van der Waals surface area contributed by atoms with Crippen molar-refractivity contribution in [3.05, 3.63) is 99.4 Å². The Morgan fingerprint density at radius 3 is 2.57 bits per heavy atom. The van der Waals surface area contributed by atoms with Gasteiger partial charge in [0.15, 0.2) is 0 Å². The smallest absolute Gasteiger partial charge is 0.258 e. The molecule has 0 fully saturated rings. The van der Waals surface area contributed by atoms with Crippen molar-refractivity contribution >= 4 is 38.1 Å². The molecular formula is C28H22N4O2S. The van der Waals surface area contributed by atoms with Crippen LogP contribution in [0.15, 0.2) is 66.9 Å². The third-order valence-electron chi connectivity index (χ3n) is 6.30. The minimum absolute atomic E-state index is 0.00436. The Labute approximate surface area is 206 Å². The third kappa shape index (κ3) is 4.25. The van der Waals surface area contributed by atoms with Crippen molar-refractivity contribution < 1.29 is 4.92 Å². The number of nitro groups is 1. The largest absolute Gasteiger partial charge is 0.291 e. The summed E-state index contributed by atoms with van der Waals surface area (Å²) in [5.74, 6) is 0. The van der Waals surface area contributed by atoms with Crippen LogP contribution in [0.1, 0.15) is 36.2 Å². The highest BCUT2D eigenvalue weighted by molar-refractivity contribution is 7.21. The maximum absolute atomic E-state index is 11.9. The van der Waals surface area contributed by atoms with Crippen molar-refractivity contribution in [1.82, 2.24) is 9.97 Å². The van der Waals surface area contributed by atoms with E-state index in [9.17, 15) is 15.4 Å². The summed E-state index contributed by atoms with van der Waals surface area (Å²) in [5.41, 5.74) is 4.54. The summed E-state index contributed by atoms with van der Waals surface area (Å²) >= 11 is 1.61. The van der Waals surface area contributed by atoms with Crippen LogP contribution >= 0.6 is 11.3 Å². The molecule has 0 atom stereocenters. The van der Waals surface area contributed by atoms with E-state index in [1.807, 2.05) is 69.3 Å². The van der Waals surface area contributed by atoms with E-state index in [2.05, 4.69) is 28.2 Å². The number of aromatic nitrogens is 2. The second-order valence-electron chi connectivity index (χ2n) is 9.18. The van der Waals surface area contributed by atoms with Gasteiger partial charge >= 0.3 is 0 Å². The summed E-state index contributed by atoms with van der Waals surface area (Å²) in [6.45, 7) is 5.71. The molecule has 7 heteroatoms. The lowest BCUT2D eigenvalue weighted by Gasteiger charge is -2.16. The number of benzene rings is 2. The molecule has 0 aliphatic rings. The van der Waals surface area contributed by atoms with Crippen LogP contribution in [-0.2, 0) is 11.8 Å². The number of hydrogen-bond donors (Lipinski definition) is 0. The summed E-state index contributed by atoms with van der Waals surface area (Å²) < 4.78 is 0. The molecule has 0 spiro atoms. The third-order valence-corrected chi connectivity index (χ3v) is 7.39. The zero-order valence-corrected chi connectivity index (χ0v) is 20.4. The number of pyridine rings is 2. The van der Waals surface area contributed by atoms with Gasteiger partial charge < -0.3 is 0 Å². The van der Waals surface area contributed by atoms with E-state index in [0.717, 1.165) is 42.9 Å². The Morgan fingerprint density at radius 1 is 1.09 bits per heavy atom. The first-order chi connectivity index (χ1) is 16.7. The molecule has 2 aromatic carbocycles. The molecule has 0 unspecified atom stereocenters.